The Hall–Kier alpha value is -3.90. The predicted octanol–water partition coefficient (Wildman–Crippen LogP) is 6.46. The van der Waals surface area contributed by atoms with Crippen molar-refractivity contribution in [1.82, 2.24) is 5.32 Å². The largest absolute Gasteiger partial charge is 0.490 e. The first-order chi connectivity index (χ1) is 18.4. The summed E-state index contributed by atoms with van der Waals surface area (Å²) in [6.07, 6.45) is 0.803. The molecule has 2 atom stereocenters. The first kappa shape index (κ1) is 25.7. The Morgan fingerprint density at radius 1 is 0.974 bits per heavy atom. The topological polar surface area (TPSA) is 64.6 Å². The van der Waals surface area contributed by atoms with Gasteiger partial charge < -0.3 is 14.8 Å². The lowest BCUT2D eigenvalue weighted by Gasteiger charge is -2.36. The Morgan fingerprint density at radius 3 is 2.42 bits per heavy atom. The smallest absolute Gasteiger partial charge is 0.336 e. The molecule has 0 unspecified atom stereocenters. The molecule has 1 aliphatic heterocycles. The number of Topliss-reactive ketones (excluding diaryl/α,β-unsaturated/α-hetero) is 1. The van der Waals surface area contributed by atoms with Crippen molar-refractivity contribution >= 4 is 23.4 Å². The van der Waals surface area contributed by atoms with Crippen molar-refractivity contribution in [3.8, 4) is 5.75 Å². The van der Waals surface area contributed by atoms with Crippen LogP contribution in [0.2, 0.25) is 5.02 Å². The summed E-state index contributed by atoms with van der Waals surface area (Å²) in [5, 5.41) is 3.91. The van der Waals surface area contributed by atoms with Crippen LogP contribution in [-0.4, -0.2) is 25.0 Å². The molecule has 1 aliphatic carbocycles. The van der Waals surface area contributed by atoms with Gasteiger partial charge in [-0.25, -0.2) is 9.18 Å². The number of ether oxygens (including phenoxy) is 2. The number of nitrogens with one attached hydrogen (secondary N) is 1. The highest BCUT2D eigenvalue weighted by atomic mass is 35.5. The van der Waals surface area contributed by atoms with E-state index in [0.717, 1.165) is 5.56 Å². The van der Waals surface area contributed by atoms with Crippen LogP contribution in [0.15, 0.2) is 101 Å². The molecule has 5 rings (SSSR count). The fourth-order valence-electron chi connectivity index (χ4n) is 5.19. The second-order valence-corrected chi connectivity index (χ2v) is 9.82. The molecule has 5 nitrogen and oxygen atoms in total. The number of rotatable bonds is 7. The van der Waals surface area contributed by atoms with Gasteiger partial charge in [-0.05, 0) is 55.2 Å². The highest BCUT2D eigenvalue weighted by Crippen LogP contribution is 2.46. The molecule has 0 saturated heterocycles. The van der Waals surface area contributed by atoms with Crippen molar-refractivity contribution < 1.29 is 23.5 Å². The zero-order valence-electron chi connectivity index (χ0n) is 20.9. The van der Waals surface area contributed by atoms with Gasteiger partial charge in [-0.15, -0.1) is 0 Å². The van der Waals surface area contributed by atoms with Crippen LogP contribution in [0, 0.1) is 5.82 Å². The molecule has 3 aromatic carbocycles. The number of hydrogen-bond acceptors (Lipinski definition) is 5. The Balaban J connectivity index is 1.42. The third-order valence-corrected chi connectivity index (χ3v) is 7.19. The fraction of sp³-hybridized carbons (Fsp3) is 0.226. The molecule has 0 spiro atoms. The number of carbonyl (C=O) groups is 2. The number of esters is 1. The Labute approximate surface area is 225 Å². The summed E-state index contributed by atoms with van der Waals surface area (Å²) in [6, 6.07) is 22.9. The third-order valence-electron chi connectivity index (χ3n) is 6.93. The molecule has 1 N–H and O–H groups in total. The molecule has 38 heavy (non-hydrogen) atoms. The molecule has 194 valence electrons. The monoisotopic (exact) mass is 531 g/mol. The molecule has 1 heterocycles. The van der Waals surface area contributed by atoms with E-state index in [1.165, 1.54) is 6.07 Å². The van der Waals surface area contributed by atoms with Crippen molar-refractivity contribution in [3.05, 3.63) is 123 Å². The van der Waals surface area contributed by atoms with Crippen LogP contribution in [0.3, 0.4) is 0 Å². The van der Waals surface area contributed by atoms with E-state index in [0.29, 0.717) is 34.2 Å². The lowest BCUT2D eigenvalue weighted by molar-refractivity contribution is -0.140. The summed E-state index contributed by atoms with van der Waals surface area (Å²) in [5.74, 6) is -1.47. The van der Waals surface area contributed by atoms with Crippen molar-refractivity contribution in [3.63, 3.8) is 0 Å². The number of halogens is 2. The van der Waals surface area contributed by atoms with Crippen LogP contribution in [0.5, 0.6) is 5.75 Å². The van der Waals surface area contributed by atoms with E-state index in [1.807, 2.05) is 54.6 Å². The third kappa shape index (κ3) is 5.36. The number of allylic oxidation sites excluding steroid dienone is 3. The van der Waals surface area contributed by atoms with Gasteiger partial charge >= 0.3 is 5.97 Å². The van der Waals surface area contributed by atoms with Gasteiger partial charge in [-0.3, -0.25) is 4.79 Å². The summed E-state index contributed by atoms with van der Waals surface area (Å²) >= 11 is 6.05. The van der Waals surface area contributed by atoms with Gasteiger partial charge in [0.15, 0.2) is 5.78 Å². The van der Waals surface area contributed by atoms with Gasteiger partial charge in [0.1, 0.15) is 24.8 Å². The van der Waals surface area contributed by atoms with Gasteiger partial charge in [0.25, 0.3) is 0 Å². The molecular formula is C31H27ClFNO4. The average molecular weight is 532 g/mol. The van der Waals surface area contributed by atoms with Crippen molar-refractivity contribution in [2.75, 3.05) is 13.2 Å². The predicted molar refractivity (Wildman–Crippen MR) is 143 cm³/mol. The van der Waals surface area contributed by atoms with Gasteiger partial charge in [0.05, 0.1) is 11.5 Å². The van der Waals surface area contributed by atoms with Gasteiger partial charge in [-0.2, -0.15) is 0 Å². The standard InChI is InChI=1S/C31H27ClFNO4/c1-19-28(31(36)38-16-15-37-23-7-3-2-4-8-23)29(24-9-5-6-10-25(24)33)30-26(34-19)17-21(18-27(30)35)20-11-13-22(32)14-12-20/h2-14,21,29,34H,15-18H2,1H3/t21-,29+/m1/s1. The quantitative estimate of drug-likeness (QED) is 0.280. The van der Waals surface area contributed by atoms with Gasteiger partial charge in [0.2, 0.25) is 0 Å². The Kier molecular flexibility index (Phi) is 7.61. The number of dihydropyridines is 1. The van der Waals surface area contributed by atoms with Crippen molar-refractivity contribution in [1.29, 1.82) is 0 Å². The van der Waals surface area contributed by atoms with Crippen LogP contribution in [0.4, 0.5) is 4.39 Å². The summed E-state index contributed by atoms with van der Waals surface area (Å²) < 4.78 is 26.3. The van der Waals surface area contributed by atoms with E-state index in [-0.39, 0.29) is 42.5 Å². The van der Waals surface area contributed by atoms with Crippen molar-refractivity contribution in [2.45, 2.75) is 31.6 Å². The second kappa shape index (κ2) is 11.2. The lowest BCUT2D eigenvalue weighted by atomic mass is 9.71. The normalized spacial score (nSPS) is 19.1. The molecule has 0 radical (unpaired) electrons. The van der Waals surface area contributed by atoms with E-state index in [4.69, 9.17) is 21.1 Å². The molecule has 0 aromatic heterocycles. The van der Waals surface area contributed by atoms with E-state index in [2.05, 4.69) is 5.32 Å². The summed E-state index contributed by atoms with van der Waals surface area (Å²) in [5.41, 5.74) is 3.16. The summed E-state index contributed by atoms with van der Waals surface area (Å²) in [4.78, 5) is 27.0. The zero-order valence-corrected chi connectivity index (χ0v) is 21.6. The minimum atomic E-state index is -0.867. The minimum absolute atomic E-state index is 0.00694. The summed E-state index contributed by atoms with van der Waals surface area (Å²) in [7, 11) is 0. The fourth-order valence-corrected chi connectivity index (χ4v) is 5.31. The highest BCUT2D eigenvalue weighted by molar-refractivity contribution is 6.30. The second-order valence-electron chi connectivity index (χ2n) is 9.39. The van der Waals surface area contributed by atoms with Crippen LogP contribution in [0.1, 0.15) is 42.7 Å². The molecule has 0 saturated carbocycles. The van der Waals surface area contributed by atoms with Crippen LogP contribution in [0.25, 0.3) is 0 Å². The maximum Gasteiger partial charge on any atom is 0.336 e. The van der Waals surface area contributed by atoms with E-state index in [1.54, 1.807) is 25.1 Å². The maximum atomic E-state index is 15.1. The molecule has 0 amide bonds. The minimum Gasteiger partial charge on any atom is -0.490 e. The molecular weight excluding hydrogens is 505 g/mol. The molecule has 0 bridgehead atoms. The van der Waals surface area contributed by atoms with E-state index in [9.17, 15) is 9.59 Å². The van der Waals surface area contributed by atoms with E-state index < -0.39 is 17.7 Å². The number of carbonyl (C=O) groups excluding carboxylic acids is 2. The molecule has 2 aliphatic rings. The first-order valence-electron chi connectivity index (χ1n) is 12.5. The summed E-state index contributed by atoms with van der Waals surface area (Å²) in [6.45, 7) is 1.92. The van der Waals surface area contributed by atoms with Crippen molar-refractivity contribution in [2.24, 2.45) is 0 Å². The zero-order chi connectivity index (χ0) is 26.6. The molecule has 7 heteroatoms. The average Bonchev–Trinajstić information content (AvgIpc) is 2.91. The number of ketones is 1. The molecule has 0 fully saturated rings. The van der Waals surface area contributed by atoms with Crippen LogP contribution < -0.4 is 10.1 Å². The molecule has 3 aromatic rings. The SMILES string of the molecule is CC1=C(C(=O)OCCOc2ccccc2)[C@H](c2ccccc2F)C2=C(C[C@@H](c3ccc(Cl)cc3)CC2=O)N1. The van der Waals surface area contributed by atoms with E-state index >= 15 is 4.39 Å². The Bertz CT molecular complexity index is 1420. The number of benzene rings is 3. The lowest BCUT2D eigenvalue weighted by Crippen LogP contribution is -2.36. The number of para-hydroxylation sites is 1. The number of hydrogen-bond donors (Lipinski definition) is 1. The van der Waals surface area contributed by atoms with Crippen LogP contribution in [-0.2, 0) is 14.3 Å². The van der Waals surface area contributed by atoms with Crippen LogP contribution >= 0.6 is 11.6 Å². The Morgan fingerprint density at radius 2 is 1.68 bits per heavy atom. The van der Waals surface area contributed by atoms with Gasteiger partial charge in [0, 0.05) is 34.0 Å². The maximum absolute atomic E-state index is 15.1. The highest BCUT2D eigenvalue weighted by Gasteiger charge is 2.42. The first-order valence-corrected chi connectivity index (χ1v) is 12.9. The van der Waals surface area contributed by atoms with Gasteiger partial charge in [-0.1, -0.05) is 60.1 Å².